The molecule has 4 nitrogen and oxygen atoms in total. The molecule has 4 rings (SSSR count). The van der Waals surface area contributed by atoms with Gasteiger partial charge in [-0.05, 0) is 49.1 Å². The lowest BCUT2D eigenvalue weighted by Crippen LogP contribution is -2.23. The number of aromatic nitrogens is 2. The average Bonchev–Trinajstić information content (AvgIpc) is 3.03. The first-order valence-corrected chi connectivity index (χ1v) is 8.46. The van der Waals surface area contributed by atoms with Crippen LogP contribution in [0.3, 0.4) is 0 Å². The van der Waals surface area contributed by atoms with Gasteiger partial charge in [0.2, 0.25) is 0 Å². The molecular formula is C20H21N3O. The van der Waals surface area contributed by atoms with Gasteiger partial charge < -0.3 is 0 Å². The van der Waals surface area contributed by atoms with Crippen LogP contribution >= 0.6 is 0 Å². The maximum atomic E-state index is 12.2. The van der Waals surface area contributed by atoms with Crippen LogP contribution in [-0.2, 0) is 6.54 Å². The first-order chi connectivity index (χ1) is 11.7. The molecule has 3 aromatic rings. The standard InChI is InChI=1S/C20H21N3O/c1-15-6-2-3-7-18(15)16-9-11-22(13-16)14-17-12-20(24)23-10-5-4-8-19(23)21-17/h2-8,10,12,16H,9,11,13-14H2,1H3. The van der Waals surface area contributed by atoms with Crippen molar-refractivity contribution in [2.24, 2.45) is 0 Å². The first kappa shape index (κ1) is 15.1. The molecule has 0 spiro atoms. The molecule has 2 aromatic heterocycles. The highest BCUT2D eigenvalue weighted by Gasteiger charge is 2.25. The maximum Gasteiger partial charge on any atom is 0.258 e. The Morgan fingerprint density at radius 1 is 1.17 bits per heavy atom. The summed E-state index contributed by atoms with van der Waals surface area (Å²) >= 11 is 0. The number of likely N-dealkylation sites (tertiary alicyclic amines) is 1. The molecule has 0 radical (unpaired) electrons. The van der Waals surface area contributed by atoms with Gasteiger partial charge in [-0.3, -0.25) is 14.1 Å². The van der Waals surface area contributed by atoms with E-state index >= 15 is 0 Å². The third-order valence-corrected chi connectivity index (χ3v) is 4.91. The van der Waals surface area contributed by atoms with Gasteiger partial charge in [0.15, 0.2) is 0 Å². The number of nitrogens with zero attached hydrogens (tertiary/aromatic N) is 3. The Labute approximate surface area is 141 Å². The summed E-state index contributed by atoms with van der Waals surface area (Å²) in [4.78, 5) is 19.2. The third kappa shape index (κ3) is 2.85. The normalized spacial score (nSPS) is 18.3. The summed E-state index contributed by atoms with van der Waals surface area (Å²) < 4.78 is 1.59. The summed E-state index contributed by atoms with van der Waals surface area (Å²) in [5.74, 6) is 0.577. The summed E-state index contributed by atoms with van der Waals surface area (Å²) in [6, 6.07) is 15.9. The van der Waals surface area contributed by atoms with Crippen LogP contribution in [0.2, 0.25) is 0 Å². The van der Waals surface area contributed by atoms with Crippen LogP contribution in [0.1, 0.15) is 29.2 Å². The van der Waals surface area contributed by atoms with E-state index in [2.05, 4.69) is 41.1 Å². The molecule has 1 unspecified atom stereocenters. The van der Waals surface area contributed by atoms with E-state index in [-0.39, 0.29) is 5.56 Å². The molecular weight excluding hydrogens is 298 g/mol. The third-order valence-electron chi connectivity index (χ3n) is 4.91. The van der Waals surface area contributed by atoms with Gasteiger partial charge in [0.05, 0.1) is 5.69 Å². The van der Waals surface area contributed by atoms with E-state index in [9.17, 15) is 4.79 Å². The zero-order valence-corrected chi connectivity index (χ0v) is 13.9. The van der Waals surface area contributed by atoms with Gasteiger partial charge >= 0.3 is 0 Å². The summed E-state index contributed by atoms with van der Waals surface area (Å²) in [6.07, 6.45) is 2.93. The highest BCUT2D eigenvalue weighted by atomic mass is 16.1. The van der Waals surface area contributed by atoms with E-state index in [1.807, 2.05) is 18.2 Å². The van der Waals surface area contributed by atoms with Crippen molar-refractivity contribution in [3.8, 4) is 0 Å². The van der Waals surface area contributed by atoms with Crippen LogP contribution in [0, 0.1) is 6.92 Å². The van der Waals surface area contributed by atoms with Crippen molar-refractivity contribution in [1.29, 1.82) is 0 Å². The number of hydrogen-bond donors (Lipinski definition) is 0. The second-order valence-electron chi connectivity index (χ2n) is 6.59. The molecule has 1 aliphatic rings. The van der Waals surface area contributed by atoms with Gasteiger partial charge in [0.25, 0.3) is 5.56 Å². The lowest BCUT2D eigenvalue weighted by Gasteiger charge is -2.17. The van der Waals surface area contributed by atoms with Crippen molar-refractivity contribution < 1.29 is 0 Å². The Bertz CT molecular complexity index is 931. The van der Waals surface area contributed by atoms with Crippen LogP contribution in [0.5, 0.6) is 0 Å². The number of fused-ring (bicyclic) bond motifs is 1. The number of pyridine rings is 1. The fourth-order valence-corrected chi connectivity index (χ4v) is 3.69. The van der Waals surface area contributed by atoms with E-state index in [1.54, 1.807) is 16.7 Å². The van der Waals surface area contributed by atoms with Gasteiger partial charge in [0.1, 0.15) is 5.65 Å². The number of hydrogen-bond acceptors (Lipinski definition) is 3. The summed E-state index contributed by atoms with van der Waals surface area (Å²) in [6.45, 7) is 5.00. The number of rotatable bonds is 3. The van der Waals surface area contributed by atoms with Gasteiger partial charge in [-0.1, -0.05) is 30.3 Å². The minimum atomic E-state index is -0.00903. The Kier molecular flexibility index (Phi) is 3.90. The molecule has 0 bridgehead atoms. The fraction of sp³-hybridized carbons (Fsp3) is 0.300. The highest BCUT2D eigenvalue weighted by Crippen LogP contribution is 2.29. The minimum Gasteiger partial charge on any atom is -0.297 e. The van der Waals surface area contributed by atoms with Gasteiger partial charge in [0, 0.05) is 25.4 Å². The SMILES string of the molecule is Cc1ccccc1C1CCN(Cc2cc(=O)n3ccccc3n2)C1. The predicted octanol–water partition coefficient (Wildman–Crippen LogP) is 2.99. The zero-order chi connectivity index (χ0) is 16.5. The molecule has 4 heteroatoms. The molecule has 0 amide bonds. The molecule has 0 N–H and O–H groups in total. The maximum absolute atomic E-state index is 12.2. The molecule has 3 heterocycles. The zero-order valence-electron chi connectivity index (χ0n) is 13.9. The summed E-state index contributed by atoms with van der Waals surface area (Å²) in [5.41, 5.74) is 4.38. The molecule has 1 fully saturated rings. The minimum absolute atomic E-state index is 0.00903. The van der Waals surface area contributed by atoms with E-state index in [0.29, 0.717) is 5.92 Å². The van der Waals surface area contributed by atoms with Crippen LogP contribution in [0.15, 0.2) is 59.5 Å². The lowest BCUT2D eigenvalue weighted by atomic mass is 9.94. The van der Waals surface area contributed by atoms with E-state index < -0.39 is 0 Å². The van der Waals surface area contributed by atoms with Crippen LogP contribution < -0.4 is 5.56 Å². The Hall–Kier alpha value is -2.46. The molecule has 0 saturated carbocycles. The first-order valence-electron chi connectivity index (χ1n) is 8.46. The summed E-state index contributed by atoms with van der Waals surface area (Å²) in [5, 5.41) is 0. The van der Waals surface area contributed by atoms with Crippen LogP contribution in [0.4, 0.5) is 0 Å². The molecule has 0 aliphatic carbocycles. The molecule has 1 saturated heterocycles. The topological polar surface area (TPSA) is 37.6 Å². The second-order valence-corrected chi connectivity index (χ2v) is 6.59. The molecule has 24 heavy (non-hydrogen) atoms. The van der Waals surface area contributed by atoms with Gasteiger partial charge in [-0.25, -0.2) is 4.98 Å². The highest BCUT2D eigenvalue weighted by molar-refractivity contribution is 5.38. The van der Waals surface area contributed by atoms with Crippen molar-refractivity contribution in [3.63, 3.8) is 0 Å². The Balaban J connectivity index is 1.53. The smallest absolute Gasteiger partial charge is 0.258 e. The number of aryl methyl sites for hydroxylation is 1. The lowest BCUT2D eigenvalue weighted by molar-refractivity contribution is 0.322. The molecule has 1 aliphatic heterocycles. The summed E-state index contributed by atoms with van der Waals surface area (Å²) in [7, 11) is 0. The Morgan fingerprint density at radius 3 is 2.88 bits per heavy atom. The van der Waals surface area contributed by atoms with Crippen molar-refractivity contribution in [2.75, 3.05) is 13.1 Å². The average molecular weight is 319 g/mol. The Morgan fingerprint density at radius 2 is 2.00 bits per heavy atom. The van der Waals surface area contributed by atoms with Crippen LogP contribution in [0.25, 0.3) is 5.65 Å². The van der Waals surface area contributed by atoms with Crippen molar-refractivity contribution >= 4 is 5.65 Å². The fourth-order valence-electron chi connectivity index (χ4n) is 3.69. The monoisotopic (exact) mass is 319 g/mol. The van der Waals surface area contributed by atoms with E-state index in [0.717, 1.165) is 37.4 Å². The molecule has 122 valence electrons. The van der Waals surface area contributed by atoms with Gasteiger partial charge in [-0.2, -0.15) is 0 Å². The van der Waals surface area contributed by atoms with E-state index in [4.69, 9.17) is 0 Å². The van der Waals surface area contributed by atoms with Crippen molar-refractivity contribution in [3.05, 3.63) is 81.9 Å². The van der Waals surface area contributed by atoms with Crippen LogP contribution in [-0.4, -0.2) is 27.4 Å². The quantitative estimate of drug-likeness (QED) is 0.745. The molecule has 1 aromatic carbocycles. The van der Waals surface area contributed by atoms with Gasteiger partial charge in [-0.15, -0.1) is 0 Å². The van der Waals surface area contributed by atoms with E-state index in [1.165, 1.54) is 11.1 Å². The largest absolute Gasteiger partial charge is 0.297 e. The number of benzene rings is 1. The second kappa shape index (κ2) is 6.21. The molecule has 1 atom stereocenters. The predicted molar refractivity (Wildman–Crippen MR) is 95.3 cm³/mol. The van der Waals surface area contributed by atoms with Crippen molar-refractivity contribution in [1.82, 2.24) is 14.3 Å². The van der Waals surface area contributed by atoms with Crippen molar-refractivity contribution in [2.45, 2.75) is 25.8 Å².